The van der Waals surface area contributed by atoms with Crippen LogP contribution in [0.25, 0.3) is 0 Å². The summed E-state index contributed by atoms with van der Waals surface area (Å²) in [5.41, 5.74) is 0. The molecule has 0 saturated heterocycles. The molecule has 0 bridgehead atoms. The molecule has 0 aliphatic heterocycles. The zero-order valence-electron chi connectivity index (χ0n) is 3.43. The van der Waals surface area contributed by atoms with Gasteiger partial charge < -0.3 is 10.2 Å². The smallest absolute Gasteiger partial charge is 0.167 e. The SMILES string of the molecule is CC(Cl)C(O)O. The Bertz CT molecular complexity index is 29.8. The molecule has 6 heavy (non-hydrogen) atoms. The van der Waals surface area contributed by atoms with Gasteiger partial charge in [-0.05, 0) is 6.92 Å². The van der Waals surface area contributed by atoms with E-state index >= 15 is 0 Å². The van der Waals surface area contributed by atoms with E-state index < -0.39 is 11.7 Å². The highest BCUT2D eigenvalue weighted by Crippen LogP contribution is 1.95. The second-order valence-electron chi connectivity index (χ2n) is 1.09. The summed E-state index contributed by atoms with van der Waals surface area (Å²) < 4.78 is 0. The largest absolute Gasteiger partial charge is 0.367 e. The van der Waals surface area contributed by atoms with Crippen LogP contribution in [0.2, 0.25) is 0 Å². The van der Waals surface area contributed by atoms with E-state index in [0.717, 1.165) is 0 Å². The van der Waals surface area contributed by atoms with Crippen molar-refractivity contribution >= 4 is 11.6 Å². The molecule has 0 rings (SSSR count). The van der Waals surface area contributed by atoms with E-state index in [-0.39, 0.29) is 0 Å². The molecule has 38 valence electrons. The third-order valence-electron chi connectivity index (χ3n) is 0.411. The summed E-state index contributed by atoms with van der Waals surface area (Å²) in [7, 11) is 0. The molecule has 0 aromatic rings. The van der Waals surface area contributed by atoms with E-state index in [1.165, 1.54) is 6.92 Å². The average molecular weight is 111 g/mol. The van der Waals surface area contributed by atoms with Crippen LogP contribution in [0.4, 0.5) is 0 Å². The summed E-state index contributed by atoms with van der Waals surface area (Å²) in [6.07, 6.45) is -1.38. The Morgan fingerprint density at radius 3 is 1.67 bits per heavy atom. The van der Waals surface area contributed by atoms with Gasteiger partial charge in [-0.2, -0.15) is 0 Å². The fourth-order valence-electron chi connectivity index (χ4n) is 0. The minimum Gasteiger partial charge on any atom is -0.367 e. The topological polar surface area (TPSA) is 40.5 Å². The molecule has 0 radical (unpaired) electrons. The summed E-state index contributed by atoms with van der Waals surface area (Å²) in [4.78, 5) is 0. The molecule has 0 aromatic heterocycles. The van der Waals surface area contributed by atoms with E-state index in [4.69, 9.17) is 21.8 Å². The first-order chi connectivity index (χ1) is 2.64. The van der Waals surface area contributed by atoms with Crippen LogP contribution in [0, 0.1) is 0 Å². The van der Waals surface area contributed by atoms with Crippen molar-refractivity contribution in [2.24, 2.45) is 0 Å². The molecule has 0 heterocycles. The molecular weight excluding hydrogens is 103 g/mol. The number of aliphatic hydroxyl groups is 2. The molecule has 0 aliphatic rings. The van der Waals surface area contributed by atoms with E-state index in [2.05, 4.69) is 0 Å². The van der Waals surface area contributed by atoms with E-state index in [1.807, 2.05) is 0 Å². The standard InChI is InChI=1S/C3H7ClO2/c1-2(4)3(5)6/h2-3,5-6H,1H3. The number of alkyl halides is 1. The quantitative estimate of drug-likeness (QED) is 0.366. The average Bonchev–Trinajstić information content (AvgIpc) is 1.36. The minimum atomic E-state index is -1.38. The van der Waals surface area contributed by atoms with Crippen molar-refractivity contribution in [2.75, 3.05) is 0 Å². The Hall–Kier alpha value is 0.210. The van der Waals surface area contributed by atoms with E-state index in [0.29, 0.717) is 0 Å². The van der Waals surface area contributed by atoms with Crippen LogP contribution in [0.3, 0.4) is 0 Å². The molecule has 0 aliphatic carbocycles. The Morgan fingerprint density at radius 1 is 1.50 bits per heavy atom. The fraction of sp³-hybridized carbons (Fsp3) is 1.00. The highest BCUT2D eigenvalue weighted by Gasteiger charge is 2.02. The molecule has 2 nitrogen and oxygen atoms in total. The minimum absolute atomic E-state index is 0.565. The third kappa shape index (κ3) is 2.45. The maximum atomic E-state index is 8.05. The maximum absolute atomic E-state index is 8.05. The number of rotatable bonds is 1. The Balaban J connectivity index is 2.99. The third-order valence-corrected chi connectivity index (χ3v) is 0.636. The van der Waals surface area contributed by atoms with Crippen LogP contribution in [0.15, 0.2) is 0 Å². The molecule has 0 spiro atoms. The number of hydrogen-bond acceptors (Lipinski definition) is 2. The van der Waals surface area contributed by atoms with Gasteiger partial charge in [-0.3, -0.25) is 0 Å². The number of hydrogen-bond donors (Lipinski definition) is 2. The van der Waals surface area contributed by atoms with Gasteiger partial charge in [0.15, 0.2) is 6.29 Å². The predicted molar refractivity (Wildman–Crippen MR) is 23.5 cm³/mol. The van der Waals surface area contributed by atoms with Crippen LogP contribution in [-0.4, -0.2) is 21.9 Å². The van der Waals surface area contributed by atoms with Crippen molar-refractivity contribution in [3.63, 3.8) is 0 Å². The van der Waals surface area contributed by atoms with Gasteiger partial charge in [0.2, 0.25) is 0 Å². The second kappa shape index (κ2) is 2.39. The second-order valence-corrected chi connectivity index (χ2v) is 1.78. The zero-order chi connectivity index (χ0) is 5.15. The Kier molecular flexibility index (Phi) is 2.48. The molecule has 0 amide bonds. The monoisotopic (exact) mass is 110 g/mol. The van der Waals surface area contributed by atoms with Gasteiger partial charge in [-0.15, -0.1) is 11.6 Å². The lowest BCUT2D eigenvalue weighted by Crippen LogP contribution is -2.15. The normalized spacial score (nSPS) is 15.5. The van der Waals surface area contributed by atoms with E-state index in [1.54, 1.807) is 0 Å². The van der Waals surface area contributed by atoms with E-state index in [9.17, 15) is 0 Å². The van der Waals surface area contributed by atoms with Crippen LogP contribution in [0.5, 0.6) is 0 Å². The van der Waals surface area contributed by atoms with Crippen molar-refractivity contribution in [1.29, 1.82) is 0 Å². The van der Waals surface area contributed by atoms with Crippen molar-refractivity contribution < 1.29 is 10.2 Å². The van der Waals surface area contributed by atoms with Crippen molar-refractivity contribution in [1.82, 2.24) is 0 Å². The van der Waals surface area contributed by atoms with Gasteiger partial charge >= 0.3 is 0 Å². The lowest BCUT2D eigenvalue weighted by molar-refractivity contribution is -0.0382. The first-order valence-electron chi connectivity index (χ1n) is 1.65. The molecule has 0 saturated carbocycles. The van der Waals surface area contributed by atoms with Gasteiger partial charge in [0, 0.05) is 0 Å². The molecule has 0 fully saturated rings. The molecule has 2 N–H and O–H groups in total. The molecule has 1 atom stereocenters. The highest BCUT2D eigenvalue weighted by atomic mass is 35.5. The highest BCUT2D eigenvalue weighted by molar-refractivity contribution is 6.20. The summed E-state index contributed by atoms with van der Waals surface area (Å²) in [6.45, 7) is 1.51. The van der Waals surface area contributed by atoms with Gasteiger partial charge in [0.1, 0.15) is 0 Å². The fourth-order valence-corrected chi connectivity index (χ4v) is 0. The lowest BCUT2D eigenvalue weighted by atomic mass is 10.5. The molecule has 0 aromatic carbocycles. The first kappa shape index (κ1) is 6.21. The van der Waals surface area contributed by atoms with Gasteiger partial charge in [0.05, 0.1) is 5.38 Å². The van der Waals surface area contributed by atoms with Crippen molar-refractivity contribution in [2.45, 2.75) is 18.6 Å². The molecular formula is C3H7ClO2. The van der Waals surface area contributed by atoms with Crippen molar-refractivity contribution in [3.05, 3.63) is 0 Å². The van der Waals surface area contributed by atoms with Crippen LogP contribution >= 0.6 is 11.6 Å². The van der Waals surface area contributed by atoms with Crippen molar-refractivity contribution in [3.8, 4) is 0 Å². The van der Waals surface area contributed by atoms with Gasteiger partial charge in [-0.25, -0.2) is 0 Å². The molecule has 3 heteroatoms. The van der Waals surface area contributed by atoms with Crippen LogP contribution in [0.1, 0.15) is 6.92 Å². The van der Waals surface area contributed by atoms with Gasteiger partial charge in [0.25, 0.3) is 0 Å². The summed E-state index contributed by atoms with van der Waals surface area (Å²) in [5, 5.41) is 15.5. The van der Waals surface area contributed by atoms with Gasteiger partial charge in [-0.1, -0.05) is 0 Å². The zero-order valence-corrected chi connectivity index (χ0v) is 4.18. The van der Waals surface area contributed by atoms with Crippen LogP contribution < -0.4 is 0 Å². The number of halogens is 1. The summed E-state index contributed by atoms with van der Waals surface area (Å²) >= 11 is 5.11. The Labute approximate surface area is 41.4 Å². The summed E-state index contributed by atoms with van der Waals surface area (Å²) in [6, 6.07) is 0. The lowest BCUT2D eigenvalue weighted by Gasteiger charge is -2.01. The predicted octanol–water partition coefficient (Wildman–Crippen LogP) is -0.0756. The number of aliphatic hydroxyl groups excluding tert-OH is 1. The first-order valence-corrected chi connectivity index (χ1v) is 2.08. The van der Waals surface area contributed by atoms with Crippen LogP contribution in [-0.2, 0) is 0 Å². The Morgan fingerprint density at radius 2 is 1.67 bits per heavy atom. The maximum Gasteiger partial charge on any atom is 0.167 e. The summed E-state index contributed by atoms with van der Waals surface area (Å²) in [5.74, 6) is 0. The molecule has 1 unspecified atom stereocenters.